The van der Waals surface area contributed by atoms with Crippen LogP contribution in [0.3, 0.4) is 0 Å². The van der Waals surface area contributed by atoms with E-state index in [4.69, 9.17) is 17.0 Å². The number of thiocarbonyl (C=S) groups is 1. The first kappa shape index (κ1) is 14.2. The highest BCUT2D eigenvalue weighted by atomic mass is 32.1. The van der Waals surface area contributed by atoms with E-state index in [1.54, 1.807) is 26.2 Å². The predicted molar refractivity (Wildman–Crippen MR) is 79.1 cm³/mol. The van der Waals surface area contributed by atoms with E-state index in [2.05, 4.69) is 0 Å². The summed E-state index contributed by atoms with van der Waals surface area (Å²) in [5.41, 5.74) is 0.731. The van der Waals surface area contributed by atoms with Gasteiger partial charge in [-0.2, -0.15) is 0 Å². The molecule has 2 rings (SSSR count). The summed E-state index contributed by atoms with van der Waals surface area (Å²) >= 11 is 5.03. The highest BCUT2D eigenvalue weighted by molar-refractivity contribution is 7.80. The highest BCUT2D eigenvalue weighted by Gasteiger charge is 2.35. The van der Waals surface area contributed by atoms with E-state index < -0.39 is 11.8 Å². The maximum absolute atomic E-state index is 12.2. The van der Waals surface area contributed by atoms with Crippen molar-refractivity contribution in [2.24, 2.45) is 0 Å². The van der Waals surface area contributed by atoms with Gasteiger partial charge in [-0.1, -0.05) is 18.2 Å². The molecule has 104 valence electrons. The number of para-hydroxylation sites is 1. The Morgan fingerprint density at radius 2 is 1.65 bits per heavy atom. The summed E-state index contributed by atoms with van der Waals surface area (Å²) < 4.78 is 5.21. The number of carbonyl (C=O) groups excluding carboxylic acids is 2. The van der Waals surface area contributed by atoms with Crippen molar-refractivity contribution >= 4 is 35.2 Å². The van der Waals surface area contributed by atoms with Crippen LogP contribution in [-0.4, -0.2) is 47.9 Å². The van der Waals surface area contributed by atoms with Gasteiger partial charge in [0.05, 0.1) is 7.11 Å². The van der Waals surface area contributed by atoms with Gasteiger partial charge >= 0.3 is 0 Å². The summed E-state index contributed by atoms with van der Waals surface area (Å²) in [6.45, 7) is 0. The minimum Gasteiger partial charge on any atom is -0.496 e. The number of rotatable bonds is 2. The molecule has 0 aliphatic carbocycles. The summed E-state index contributed by atoms with van der Waals surface area (Å²) in [5.74, 6) is -0.230. The molecule has 6 heteroatoms. The molecule has 1 saturated heterocycles. The highest BCUT2D eigenvalue weighted by Crippen LogP contribution is 2.23. The van der Waals surface area contributed by atoms with Gasteiger partial charge in [-0.25, -0.2) is 0 Å². The lowest BCUT2D eigenvalue weighted by Gasteiger charge is -2.31. The molecule has 1 fully saturated rings. The lowest BCUT2D eigenvalue weighted by Crippen LogP contribution is -2.52. The molecule has 0 bridgehead atoms. The minimum absolute atomic E-state index is 0.0631. The monoisotopic (exact) mass is 290 g/mol. The molecule has 0 radical (unpaired) electrons. The van der Waals surface area contributed by atoms with E-state index in [0.29, 0.717) is 11.3 Å². The van der Waals surface area contributed by atoms with Gasteiger partial charge in [0.25, 0.3) is 11.8 Å². The van der Waals surface area contributed by atoms with E-state index in [-0.39, 0.29) is 10.7 Å². The van der Waals surface area contributed by atoms with Gasteiger partial charge in [-0.3, -0.25) is 19.4 Å². The second-order valence-corrected chi connectivity index (χ2v) is 4.68. The molecule has 1 aliphatic rings. The van der Waals surface area contributed by atoms with Crippen LogP contribution < -0.4 is 4.74 Å². The van der Waals surface area contributed by atoms with Crippen LogP contribution in [0.15, 0.2) is 29.8 Å². The molecular weight excluding hydrogens is 276 g/mol. The fraction of sp³-hybridized carbons (Fsp3) is 0.214. The number of carbonyl (C=O) groups is 2. The van der Waals surface area contributed by atoms with E-state index in [1.165, 1.54) is 23.0 Å². The second kappa shape index (κ2) is 5.42. The SMILES string of the molecule is COc1ccccc1C=C1C(=O)N(C)C(=S)N(C)C1=O. The van der Waals surface area contributed by atoms with Crippen molar-refractivity contribution in [3.05, 3.63) is 35.4 Å². The molecule has 0 unspecified atom stereocenters. The average Bonchev–Trinajstić information content (AvgIpc) is 2.48. The lowest BCUT2D eigenvalue weighted by molar-refractivity contribution is -0.132. The molecule has 0 spiro atoms. The van der Waals surface area contributed by atoms with E-state index in [0.717, 1.165) is 0 Å². The Kier molecular flexibility index (Phi) is 3.85. The normalized spacial score (nSPS) is 15.8. The summed E-state index contributed by atoms with van der Waals surface area (Å²) in [7, 11) is 4.63. The Labute approximate surface area is 122 Å². The van der Waals surface area contributed by atoms with Crippen molar-refractivity contribution in [2.75, 3.05) is 21.2 Å². The van der Waals surface area contributed by atoms with Gasteiger partial charge in [0, 0.05) is 19.7 Å². The van der Waals surface area contributed by atoms with Gasteiger partial charge in [-0.05, 0) is 24.4 Å². The number of methoxy groups -OCH3 is 1. The number of nitrogens with zero attached hydrogens (tertiary/aromatic N) is 2. The molecule has 0 atom stereocenters. The number of amides is 2. The maximum atomic E-state index is 12.2. The summed E-state index contributed by atoms with van der Waals surface area (Å²) in [5, 5.41) is 0.192. The first-order valence-corrected chi connectivity index (χ1v) is 6.33. The molecule has 2 amide bonds. The number of ether oxygens (including phenoxy) is 1. The van der Waals surface area contributed by atoms with Crippen LogP contribution in [-0.2, 0) is 9.59 Å². The lowest BCUT2D eigenvalue weighted by atomic mass is 10.1. The minimum atomic E-state index is -0.413. The maximum Gasteiger partial charge on any atom is 0.265 e. The average molecular weight is 290 g/mol. The van der Waals surface area contributed by atoms with Gasteiger partial charge < -0.3 is 4.74 Å². The van der Waals surface area contributed by atoms with Crippen molar-refractivity contribution < 1.29 is 14.3 Å². The van der Waals surface area contributed by atoms with Crippen molar-refractivity contribution in [1.82, 2.24) is 9.80 Å². The largest absolute Gasteiger partial charge is 0.496 e. The van der Waals surface area contributed by atoms with Crippen molar-refractivity contribution in [1.29, 1.82) is 0 Å². The zero-order valence-corrected chi connectivity index (χ0v) is 12.2. The number of hydrogen-bond donors (Lipinski definition) is 0. The van der Waals surface area contributed by atoms with E-state index in [9.17, 15) is 9.59 Å². The van der Waals surface area contributed by atoms with Crippen LogP contribution >= 0.6 is 12.2 Å². The molecule has 1 heterocycles. The van der Waals surface area contributed by atoms with Gasteiger partial charge in [-0.15, -0.1) is 0 Å². The quantitative estimate of drug-likeness (QED) is 0.468. The Bertz CT molecular complexity index is 599. The third kappa shape index (κ3) is 2.30. The van der Waals surface area contributed by atoms with Crippen molar-refractivity contribution in [3.63, 3.8) is 0 Å². The molecule has 20 heavy (non-hydrogen) atoms. The van der Waals surface area contributed by atoms with Gasteiger partial charge in [0.15, 0.2) is 5.11 Å². The molecule has 0 N–H and O–H groups in total. The van der Waals surface area contributed by atoms with Crippen LogP contribution in [0.5, 0.6) is 5.75 Å². The van der Waals surface area contributed by atoms with Crippen molar-refractivity contribution in [2.45, 2.75) is 0 Å². The fourth-order valence-electron chi connectivity index (χ4n) is 1.92. The second-order valence-electron chi connectivity index (χ2n) is 4.31. The molecule has 0 saturated carbocycles. The number of likely N-dealkylation sites (N-methyl/N-ethyl adjacent to an activating group) is 2. The Hall–Kier alpha value is -2.21. The third-order valence-electron chi connectivity index (χ3n) is 3.08. The topological polar surface area (TPSA) is 49.9 Å². The first-order valence-electron chi connectivity index (χ1n) is 5.92. The van der Waals surface area contributed by atoms with Crippen LogP contribution in [0.25, 0.3) is 6.08 Å². The van der Waals surface area contributed by atoms with Crippen LogP contribution in [0, 0.1) is 0 Å². The van der Waals surface area contributed by atoms with Gasteiger partial charge in [0.2, 0.25) is 0 Å². The third-order valence-corrected chi connectivity index (χ3v) is 3.63. The van der Waals surface area contributed by atoms with E-state index >= 15 is 0 Å². The smallest absolute Gasteiger partial charge is 0.265 e. The first-order chi connectivity index (χ1) is 9.47. The zero-order valence-electron chi connectivity index (χ0n) is 11.4. The zero-order chi connectivity index (χ0) is 14.9. The Morgan fingerprint density at radius 1 is 1.10 bits per heavy atom. The van der Waals surface area contributed by atoms with Crippen LogP contribution in [0.4, 0.5) is 0 Å². The number of hydrogen-bond acceptors (Lipinski definition) is 4. The van der Waals surface area contributed by atoms with Crippen LogP contribution in [0.2, 0.25) is 0 Å². The van der Waals surface area contributed by atoms with E-state index in [1.807, 2.05) is 12.1 Å². The predicted octanol–water partition coefficient (Wildman–Crippen LogP) is 1.29. The molecule has 1 aliphatic heterocycles. The summed E-state index contributed by atoms with van der Waals surface area (Å²) in [6.07, 6.45) is 1.53. The summed E-state index contributed by atoms with van der Waals surface area (Å²) in [6, 6.07) is 7.17. The van der Waals surface area contributed by atoms with Gasteiger partial charge in [0.1, 0.15) is 11.3 Å². The Balaban J connectivity index is 2.49. The molecule has 0 aromatic heterocycles. The fourth-order valence-corrected chi connectivity index (χ4v) is 2.08. The van der Waals surface area contributed by atoms with Crippen LogP contribution in [0.1, 0.15) is 5.56 Å². The molecule has 5 nitrogen and oxygen atoms in total. The standard InChI is InChI=1S/C14H14N2O3S/c1-15-12(17)10(13(18)16(2)14(15)20)8-9-6-4-5-7-11(9)19-3/h4-8H,1-3H3. The molecule has 1 aromatic rings. The Morgan fingerprint density at radius 3 is 2.20 bits per heavy atom. The number of benzene rings is 1. The molecular formula is C14H14N2O3S. The molecule has 1 aromatic carbocycles. The van der Waals surface area contributed by atoms with Crippen molar-refractivity contribution in [3.8, 4) is 5.75 Å². The summed E-state index contributed by atoms with van der Waals surface area (Å²) in [4.78, 5) is 26.9.